The van der Waals surface area contributed by atoms with Gasteiger partial charge in [0.15, 0.2) is 5.82 Å². The molecule has 11 heteroatoms. The number of hydrogen-bond acceptors (Lipinski definition) is 7. The second-order valence-corrected chi connectivity index (χ2v) is 10.2. The van der Waals surface area contributed by atoms with Crippen molar-refractivity contribution >= 4 is 28.8 Å². The summed E-state index contributed by atoms with van der Waals surface area (Å²) in [6.45, 7) is 8.38. The number of benzene rings is 1. The maximum absolute atomic E-state index is 15.4. The SMILES string of the molecule is Cc1nc([C@@](C)(O)c2cc(Cl)c(F)c(C(=O)N[C@]3(C)C[C@H](O)C3)c2OC(C)C)n2ccnc(N)c12. The fourth-order valence-corrected chi connectivity index (χ4v) is 4.86. The molecule has 0 spiro atoms. The first-order valence-corrected chi connectivity index (χ1v) is 11.6. The van der Waals surface area contributed by atoms with Crippen LogP contribution >= 0.6 is 11.6 Å². The van der Waals surface area contributed by atoms with Crippen molar-refractivity contribution in [3.63, 3.8) is 0 Å². The van der Waals surface area contributed by atoms with E-state index in [1.54, 1.807) is 38.3 Å². The van der Waals surface area contributed by atoms with Crippen LogP contribution in [0.1, 0.15) is 68.0 Å². The molecule has 9 nitrogen and oxygen atoms in total. The first-order chi connectivity index (χ1) is 16.2. The number of fused-ring (bicyclic) bond motifs is 1. The van der Waals surface area contributed by atoms with E-state index in [0.29, 0.717) is 24.1 Å². The van der Waals surface area contributed by atoms with Gasteiger partial charge in [0.05, 0.1) is 22.9 Å². The van der Waals surface area contributed by atoms with E-state index in [1.165, 1.54) is 19.2 Å². The minimum Gasteiger partial charge on any atom is -0.490 e. The van der Waals surface area contributed by atoms with Crippen LogP contribution in [0.15, 0.2) is 18.5 Å². The predicted molar refractivity (Wildman–Crippen MR) is 129 cm³/mol. The number of amides is 1. The number of aliphatic hydroxyl groups is 2. The number of carbonyl (C=O) groups excluding carboxylic acids is 1. The third kappa shape index (κ3) is 4.30. The lowest BCUT2D eigenvalue weighted by molar-refractivity contribution is 0.0126. The minimum atomic E-state index is -1.88. The molecule has 4 rings (SSSR count). The molecule has 5 N–H and O–H groups in total. The van der Waals surface area contributed by atoms with Crippen LogP contribution in [-0.2, 0) is 5.60 Å². The molecule has 3 aromatic rings. The lowest BCUT2D eigenvalue weighted by Crippen LogP contribution is -2.57. The molecule has 0 unspecified atom stereocenters. The Morgan fingerprint density at radius 2 is 2.11 bits per heavy atom. The van der Waals surface area contributed by atoms with Crippen molar-refractivity contribution in [1.82, 2.24) is 19.7 Å². The van der Waals surface area contributed by atoms with E-state index in [-0.39, 0.29) is 28.0 Å². The third-order valence-corrected chi connectivity index (χ3v) is 6.53. The quantitative estimate of drug-likeness (QED) is 0.404. The lowest BCUT2D eigenvalue weighted by Gasteiger charge is -2.43. The van der Waals surface area contributed by atoms with Gasteiger partial charge in [0, 0.05) is 23.5 Å². The molecule has 1 aliphatic carbocycles. The Kier molecular flexibility index (Phi) is 6.19. The zero-order chi connectivity index (χ0) is 25.9. The van der Waals surface area contributed by atoms with Crippen molar-refractivity contribution in [3.8, 4) is 5.75 Å². The summed E-state index contributed by atoms with van der Waals surface area (Å²) in [4.78, 5) is 21.9. The van der Waals surface area contributed by atoms with Crippen molar-refractivity contribution < 1.29 is 24.1 Å². The number of aryl methyl sites for hydroxylation is 1. The summed E-state index contributed by atoms with van der Waals surface area (Å²) in [6, 6.07) is 1.24. The molecule has 1 aromatic carbocycles. The van der Waals surface area contributed by atoms with Crippen molar-refractivity contribution in [2.24, 2.45) is 0 Å². The Hall–Kier alpha value is -2.95. The number of carbonyl (C=O) groups is 1. The van der Waals surface area contributed by atoms with Gasteiger partial charge in [-0.15, -0.1) is 0 Å². The summed E-state index contributed by atoms with van der Waals surface area (Å²) in [5, 5.41) is 23.9. The van der Waals surface area contributed by atoms with Gasteiger partial charge in [-0.3, -0.25) is 9.20 Å². The van der Waals surface area contributed by atoms with Crippen LogP contribution in [0.2, 0.25) is 5.02 Å². The molecule has 1 amide bonds. The fourth-order valence-electron chi connectivity index (χ4n) is 4.66. The van der Waals surface area contributed by atoms with Gasteiger partial charge < -0.3 is 26.0 Å². The monoisotopic (exact) mass is 505 g/mol. The van der Waals surface area contributed by atoms with E-state index in [1.807, 2.05) is 0 Å². The van der Waals surface area contributed by atoms with Crippen LogP contribution in [0.5, 0.6) is 5.75 Å². The highest BCUT2D eigenvalue weighted by Crippen LogP contribution is 2.42. The zero-order valence-electron chi connectivity index (χ0n) is 20.2. The smallest absolute Gasteiger partial charge is 0.258 e. The van der Waals surface area contributed by atoms with E-state index < -0.39 is 40.6 Å². The Bertz CT molecular complexity index is 1320. The average molecular weight is 506 g/mol. The summed E-state index contributed by atoms with van der Waals surface area (Å²) in [7, 11) is 0. The van der Waals surface area contributed by atoms with Crippen molar-refractivity contribution in [2.75, 3.05) is 5.73 Å². The van der Waals surface area contributed by atoms with Crippen LogP contribution in [-0.4, -0.2) is 48.2 Å². The molecule has 2 heterocycles. The lowest BCUT2D eigenvalue weighted by atomic mass is 9.75. The summed E-state index contributed by atoms with van der Waals surface area (Å²) in [6.07, 6.45) is 2.74. The molecule has 0 aliphatic heterocycles. The number of anilines is 1. The molecule has 1 saturated carbocycles. The molecule has 1 fully saturated rings. The maximum atomic E-state index is 15.4. The van der Waals surface area contributed by atoms with E-state index in [0.717, 1.165) is 0 Å². The second-order valence-electron chi connectivity index (χ2n) is 9.79. The van der Waals surface area contributed by atoms with Crippen LogP contribution in [0, 0.1) is 12.7 Å². The Balaban J connectivity index is 1.92. The largest absolute Gasteiger partial charge is 0.490 e. The summed E-state index contributed by atoms with van der Waals surface area (Å²) in [5.41, 5.74) is 4.11. The topological polar surface area (TPSA) is 135 Å². The number of rotatable bonds is 6. The number of ether oxygens (including phenoxy) is 1. The highest BCUT2D eigenvalue weighted by atomic mass is 35.5. The summed E-state index contributed by atoms with van der Waals surface area (Å²) in [5.74, 6) is -1.49. The maximum Gasteiger partial charge on any atom is 0.258 e. The number of nitrogens with two attached hydrogens (primary N) is 1. The van der Waals surface area contributed by atoms with Crippen molar-refractivity contribution in [2.45, 2.75) is 70.8 Å². The van der Waals surface area contributed by atoms with Gasteiger partial charge >= 0.3 is 0 Å². The van der Waals surface area contributed by atoms with Gasteiger partial charge in [-0.1, -0.05) is 11.6 Å². The van der Waals surface area contributed by atoms with Crippen LogP contribution in [0.25, 0.3) is 5.52 Å². The predicted octanol–water partition coefficient (Wildman–Crippen LogP) is 3.10. The van der Waals surface area contributed by atoms with Crippen LogP contribution in [0.4, 0.5) is 10.2 Å². The normalized spacial score (nSPS) is 21.6. The molecule has 35 heavy (non-hydrogen) atoms. The molecule has 1 aliphatic rings. The number of halogens is 2. The van der Waals surface area contributed by atoms with Gasteiger partial charge in [0.2, 0.25) is 0 Å². The number of nitrogen functional groups attached to an aromatic ring is 1. The van der Waals surface area contributed by atoms with Gasteiger partial charge in [-0.2, -0.15) is 0 Å². The fraction of sp³-hybridized carbons (Fsp3) is 0.458. The number of aromatic nitrogens is 3. The Morgan fingerprint density at radius 3 is 2.71 bits per heavy atom. The van der Waals surface area contributed by atoms with E-state index in [4.69, 9.17) is 22.1 Å². The number of nitrogens with one attached hydrogen (secondary N) is 1. The number of nitrogens with zero attached hydrogens (tertiary/aromatic N) is 3. The molecule has 0 radical (unpaired) electrons. The van der Waals surface area contributed by atoms with E-state index in [2.05, 4.69) is 15.3 Å². The Labute approximate surface area is 207 Å². The van der Waals surface area contributed by atoms with Crippen molar-refractivity contribution in [3.05, 3.63) is 51.9 Å². The molecule has 2 aromatic heterocycles. The zero-order valence-corrected chi connectivity index (χ0v) is 20.9. The molecular weight excluding hydrogens is 477 g/mol. The van der Waals surface area contributed by atoms with Gasteiger partial charge in [-0.05, 0) is 53.5 Å². The number of imidazole rings is 1. The second kappa shape index (κ2) is 8.61. The third-order valence-electron chi connectivity index (χ3n) is 6.26. The first kappa shape index (κ1) is 25.2. The van der Waals surface area contributed by atoms with Gasteiger partial charge in [0.1, 0.15) is 34.1 Å². The Morgan fingerprint density at radius 1 is 1.46 bits per heavy atom. The van der Waals surface area contributed by atoms with Gasteiger partial charge in [0.25, 0.3) is 5.91 Å². The minimum absolute atomic E-state index is 0.0591. The molecule has 188 valence electrons. The van der Waals surface area contributed by atoms with Crippen molar-refractivity contribution in [1.29, 1.82) is 0 Å². The number of hydrogen-bond donors (Lipinski definition) is 4. The van der Waals surface area contributed by atoms with Crippen LogP contribution < -0.4 is 15.8 Å². The highest BCUT2D eigenvalue weighted by Gasteiger charge is 2.43. The van der Waals surface area contributed by atoms with E-state index in [9.17, 15) is 15.0 Å². The average Bonchev–Trinajstić information content (AvgIpc) is 3.07. The first-order valence-electron chi connectivity index (χ1n) is 11.3. The van der Waals surface area contributed by atoms with Crippen LogP contribution in [0.3, 0.4) is 0 Å². The molecule has 0 bridgehead atoms. The molecule has 1 atom stereocenters. The highest BCUT2D eigenvalue weighted by molar-refractivity contribution is 6.31. The standard InChI is InChI=1S/C24H29ClFN5O4/c1-11(2)35-19-14(24(5,34)22-29-12(3)18-20(27)28-6-7-31(18)22)8-15(25)17(26)16(19)21(33)30-23(4)9-13(32)10-23/h6-8,11,13,32,34H,9-10H2,1-5H3,(H2,27,28)(H,30,33)/t13-,23+,24-/m0/s1. The summed E-state index contributed by atoms with van der Waals surface area (Å²) >= 11 is 6.24. The molecule has 0 saturated heterocycles. The number of aliphatic hydroxyl groups excluding tert-OH is 1. The summed E-state index contributed by atoms with van der Waals surface area (Å²) < 4.78 is 22.9. The molecular formula is C24H29ClFN5O4. The van der Waals surface area contributed by atoms with Gasteiger partial charge in [-0.25, -0.2) is 14.4 Å². The van der Waals surface area contributed by atoms with E-state index >= 15 is 4.39 Å².